The van der Waals surface area contributed by atoms with Gasteiger partial charge in [-0.05, 0) is 36.5 Å². The highest BCUT2D eigenvalue weighted by Gasteiger charge is 2.39. The molecule has 2 amide bonds. The highest BCUT2D eigenvalue weighted by atomic mass is 19.1. The molecule has 0 saturated carbocycles. The molecule has 3 rings (SSSR count). The summed E-state index contributed by atoms with van der Waals surface area (Å²) in [5.41, 5.74) is 0.808. The average Bonchev–Trinajstić information content (AvgIpc) is 3.32. The Morgan fingerprint density at radius 3 is 2.67 bits per heavy atom. The van der Waals surface area contributed by atoms with Gasteiger partial charge in [0.1, 0.15) is 23.5 Å². The van der Waals surface area contributed by atoms with Gasteiger partial charge in [-0.25, -0.2) is 4.39 Å². The standard InChI is InChI=1S/C20H24FN3O3/c1-13(2)18(17-9-10-23-27-17)20(26)24-11-3-4-16(24)19(25)22-12-14-5-7-15(21)8-6-14/h5-10,13,16,18H,3-4,11-12H2,1-2H3,(H,22,25)/t16-,18?/m0/s1. The highest BCUT2D eigenvalue weighted by Crippen LogP contribution is 2.30. The van der Waals surface area contributed by atoms with Gasteiger partial charge in [-0.2, -0.15) is 0 Å². The Kier molecular flexibility index (Phi) is 5.88. The van der Waals surface area contributed by atoms with E-state index in [0.29, 0.717) is 25.3 Å². The van der Waals surface area contributed by atoms with E-state index in [0.717, 1.165) is 12.0 Å². The second-order valence-electron chi connectivity index (χ2n) is 7.17. The zero-order valence-corrected chi connectivity index (χ0v) is 15.5. The first-order valence-electron chi connectivity index (χ1n) is 9.20. The van der Waals surface area contributed by atoms with Gasteiger partial charge in [0.05, 0.1) is 6.20 Å². The van der Waals surface area contributed by atoms with Crippen LogP contribution < -0.4 is 5.32 Å². The summed E-state index contributed by atoms with van der Waals surface area (Å²) < 4.78 is 18.2. The summed E-state index contributed by atoms with van der Waals surface area (Å²) in [7, 11) is 0. The molecule has 0 spiro atoms. The molecule has 1 fully saturated rings. The van der Waals surface area contributed by atoms with Gasteiger partial charge in [0.2, 0.25) is 11.8 Å². The molecule has 1 aliphatic rings. The molecule has 1 aliphatic heterocycles. The van der Waals surface area contributed by atoms with Crippen molar-refractivity contribution in [2.45, 2.75) is 45.2 Å². The first-order chi connectivity index (χ1) is 13.0. The molecule has 2 heterocycles. The number of carbonyl (C=O) groups is 2. The molecule has 1 unspecified atom stereocenters. The lowest BCUT2D eigenvalue weighted by Crippen LogP contribution is -2.47. The van der Waals surface area contributed by atoms with Crippen molar-refractivity contribution < 1.29 is 18.5 Å². The van der Waals surface area contributed by atoms with Crippen molar-refractivity contribution >= 4 is 11.8 Å². The molecule has 1 aromatic heterocycles. The molecule has 6 nitrogen and oxygen atoms in total. The van der Waals surface area contributed by atoms with E-state index < -0.39 is 12.0 Å². The molecule has 0 bridgehead atoms. The van der Waals surface area contributed by atoms with Crippen LogP contribution in [0.5, 0.6) is 0 Å². The summed E-state index contributed by atoms with van der Waals surface area (Å²) in [6, 6.07) is 7.18. The Labute approximate surface area is 157 Å². The van der Waals surface area contributed by atoms with Crippen molar-refractivity contribution in [3.63, 3.8) is 0 Å². The maximum Gasteiger partial charge on any atom is 0.243 e. The number of hydrogen-bond acceptors (Lipinski definition) is 4. The average molecular weight is 373 g/mol. The molecule has 144 valence electrons. The lowest BCUT2D eigenvalue weighted by Gasteiger charge is -2.28. The minimum Gasteiger partial charge on any atom is -0.361 e. The van der Waals surface area contributed by atoms with E-state index >= 15 is 0 Å². The number of aromatic nitrogens is 1. The summed E-state index contributed by atoms with van der Waals surface area (Å²) in [4.78, 5) is 27.4. The molecule has 0 aliphatic carbocycles. The summed E-state index contributed by atoms with van der Waals surface area (Å²) in [5.74, 6) is -0.532. The molecular formula is C20H24FN3O3. The summed E-state index contributed by atoms with van der Waals surface area (Å²) >= 11 is 0. The summed E-state index contributed by atoms with van der Waals surface area (Å²) in [5, 5.41) is 6.56. The topological polar surface area (TPSA) is 75.4 Å². The molecule has 1 aromatic carbocycles. The zero-order chi connectivity index (χ0) is 19.4. The van der Waals surface area contributed by atoms with E-state index in [9.17, 15) is 14.0 Å². The predicted octanol–water partition coefficient (Wildman–Crippen LogP) is 2.86. The number of rotatable bonds is 6. The number of likely N-dealkylation sites (tertiary alicyclic amines) is 1. The molecular weight excluding hydrogens is 349 g/mol. The fraction of sp³-hybridized carbons (Fsp3) is 0.450. The third-order valence-electron chi connectivity index (χ3n) is 4.92. The van der Waals surface area contributed by atoms with Crippen molar-refractivity contribution in [3.8, 4) is 0 Å². The number of halogens is 1. The fourth-order valence-electron chi connectivity index (χ4n) is 3.51. The smallest absolute Gasteiger partial charge is 0.243 e. The van der Waals surface area contributed by atoms with Crippen LogP contribution in [0.3, 0.4) is 0 Å². The third kappa shape index (κ3) is 4.35. The molecule has 0 radical (unpaired) electrons. The quantitative estimate of drug-likeness (QED) is 0.845. The van der Waals surface area contributed by atoms with Crippen molar-refractivity contribution in [2.24, 2.45) is 5.92 Å². The van der Waals surface area contributed by atoms with Gasteiger partial charge >= 0.3 is 0 Å². The van der Waals surface area contributed by atoms with Crippen LogP contribution in [0, 0.1) is 11.7 Å². The van der Waals surface area contributed by atoms with Gasteiger partial charge < -0.3 is 14.7 Å². The van der Waals surface area contributed by atoms with Gasteiger partial charge in [-0.15, -0.1) is 0 Å². The van der Waals surface area contributed by atoms with E-state index in [1.54, 1.807) is 23.1 Å². The first-order valence-corrected chi connectivity index (χ1v) is 9.20. The Bertz CT molecular complexity index is 774. The van der Waals surface area contributed by atoms with Gasteiger partial charge in [0, 0.05) is 19.2 Å². The first kappa shape index (κ1) is 19.1. The van der Waals surface area contributed by atoms with Crippen LogP contribution in [0.25, 0.3) is 0 Å². The monoisotopic (exact) mass is 373 g/mol. The van der Waals surface area contributed by atoms with Crippen LogP contribution in [0.15, 0.2) is 41.1 Å². The lowest BCUT2D eigenvalue weighted by molar-refractivity contribution is -0.140. The van der Waals surface area contributed by atoms with Crippen molar-refractivity contribution in [3.05, 3.63) is 53.7 Å². The highest BCUT2D eigenvalue weighted by molar-refractivity contribution is 5.91. The van der Waals surface area contributed by atoms with Crippen molar-refractivity contribution in [1.82, 2.24) is 15.4 Å². The maximum absolute atomic E-state index is 13.1. The van der Waals surface area contributed by atoms with Crippen LogP contribution in [0.1, 0.15) is 43.9 Å². The Morgan fingerprint density at radius 2 is 2.04 bits per heavy atom. The van der Waals surface area contributed by atoms with E-state index in [1.807, 2.05) is 13.8 Å². The Morgan fingerprint density at radius 1 is 1.30 bits per heavy atom. The number of carbonyl (C=O) groups excluding carboxylic acids is 2. The normalized spacial score (nSPS) is 17.9. The fourth-order valence-corrected chi connectivity index (χ4v) is 3.51. The third-order valence-corrected chi connectivity index (χ3v) is 4.92. The molecule has 27 heavy (non-hydrogen) atoms. The van der Waals surface area contributed by atoms with E-state index in [-0.39, 0.29) is 23.5 Å². The summed E-state index contributed by atoms with van der Waals surface area (Å²) in [6.07, 6.45) is 2.93. The van der Waals surface area contributed by atoms with E-state index in [2.05, 4.69) is 10.5 Å². The number of nitrogens with zero attached hydrogens (tertiary/aromatic N) is 2. The lowest BCUT2D eigenvalue weighted by atomic mass is 9.91. The van der Waals surface area contributed by atoms with Gasteiger partial charge in [-0.3, -0.25) is 9.59 Å². The molecule has 7 heteroatoms. The van der Waals surface area contributed by atoms with Crippen LogP contribution in [0.4, 0.5) is 4.39 Å². The van der Waals surface area contributed by atoms with Crippen LogP contribution in [0.2, 0.25) is 0 Å². The molecule has 1 saturated heterocycles. The van der Waals surface area contributed by atoms with Crippen LogP contribution in [-0.2, 0) is 16.1 Å². The van der Waals surface area contributed by atoms with E-state index in [4.69, 9.17) is 4.52 Å². The van der Waals surface area contributed by atoms with Gasteiger partial charge in [-0.1, -0.05) is 31.1 Å². The number of nitrogens with one attached hydrogen (secondary N) is 1. The Hall–Kier alpha value is -2.70. The SMILES string of the molecule is CC(C)C(C(=O)N1CCC[C@H]1C(=O)NCc1ccc(F)cc1)c1ccno1. The molecule has 1 N–H and O–H groups in total. The van der Waals surface area contributed by atoms with E-state index in [1.165, 1.54) is 18.3 Å². The van der Waals surface area contributed by atoms with Gasteiger partial charge in [0.15, 0.2) is 0 Å². The molecule has 2 aromatic rings. The minimum atomic E-state index is -0.498. The second-order valence-corrected chi connectivity index (χ2v) is 7.17. The maximum atomic E-state index is 13.1. The van der Waals surface area contributed by atoms with Crippen molar-refractivity contribution in [1.29, 1.82) is 0 Å². The second kappa shape index (κ2) is 8.33. The largest absolute Gasteiger partial charge is 0.361 e. The molecule has 2 atom stereocenters. The predicted molar refractivity (Wildman–Crippen MR) is 97.1 cm³/mol. The van der Waals surface area contributed by atoms with Gasteiger partial charge in [0.25, 0.3) is 0 Å². The zero-order valence-electron chi connectivity index (χ0n) is 15.5. The minimum absolute atomic E-state index is 0.0222. The van der Waals surface area contributed by atoms with Crippen LogP contribution in [-0.4, -0.2) is 34.5 Å². The summed E-state index contributed by atoms with van der Waals surface area (Å²) in [6.45, 7) is 4.74. The number of hydrogen-bond donors (Lipinski definition) is 1. The van der Waals surface area contributed by atoms with Crippen molar-refractivity contribution in [2.75, 3.05) is 6.54 Å². The number of benzene rings is 1. The number of amides is 2. The Balaban J connectivity index is 1.67. The van der Waals surface area contributed by atoms with Crippen LogP contribution >= 0.6 is 0 Å².